The molecular weight excluding hydrogens is 460 g/mol. The third-order valence-corrected chi connectivity index (χ3v) is 8.10. The van der Waals surface area contributed by atoms with Crippen molar-refractivity contribution in [3.05, 3.63) is 112 Å². The van der Waals surface area contributed by atoms with Crippen LogP contribution in [-0.2, 0) is 14.9 Å². The summed E-state index contributed by atoms with van der Waals surface area (Å²) in [4.78, 5) is 0. The first kappa shape index (κ1) is 22.8. The van der Waals surface area contributed by atoms with E-state index in [-0.39, 0.29) is 12.2 Å². The molecule has 7 rings (SSSR count). The summed E-state index contributed by atoms with van der Waals surface area (Å²) in [5.74, 6) is 1.85. The van der Waals surface area contributed by atoms with Gasteiger partial charge < -0.3 is 18.9 Å². The second kappa shape index (κ2) is 8.90. The van der Waals surface area contributed by atoms with E-state index in [1.165, 1.54) is 33.4 Å². The Hall–Kier alpha value is -3.34. The quantitative estimate of drug-likeness (QED) is 0.346. The first-order valence-corrected chi connectivity index (χ1v) is 13.4. The molecule has 0 saturated carbocycles. The van der Waals surface area contributed by atoms with E-state index in [2.05, 4.69) is 86.7 Å². The van der Waals surface area contributed by atoms with Crippen LogP contribution in [0.4, 0.5) is 0 Å². The van der Waals surface area contributed by atoms with Gasteiger partial charge in [0.15, 0.2) is 0 Å². The van der Waals surface area contributed by atoms with Gasteiger partial charge in [-0.25, -0.2) is 0 Å². The van der Waals surface area contributed by atoms with Gasteiger partial charge in [-0.2, -0.15) is 0 Å². The second-order valence-electron chi connectivity index (χ2n) is 10.6. The molecule has 2 heterocycles. The van der Waals surface area contributed by atoms with Crippen molar-refractivity contribution in [3.63, 3.8) is 0 Å². The lowest BCUT2D eigenvalue weighted by Gasteiger charge is -2.36. The van der Waals surface area contributed by atoms with E-state index >= 15 is 0 Å². The largest absolute Gasteiger partial charge is 0.491 e. The third kappa shape index (κ3) is 3.91. The highest BCUT2D eigenvalue weighted by Gasteiger charge is 2.47. The zero-order valence-corrected chi connectivity index (χ0v) is 21.5. The topological polar surface area (TPSA) is 43.5 Å². The first-order valence-electron chi connectivity index (χ1n) is 13.4. The Morgan fingerprint density at radius 1 is 0.811 bits per heavy atom. The van der Waals surface area contributed by atoms with E-state index in [0.717, 1.165) is 48.7 Å². The number of hydrogen-bond acceptors (Lipinski definition) is 4. The fourth-order valence-corrected chi connectivity index (χ4v) is 6.09. The SMILES string of the molecule is Cc1cc(C2(c3ccc(OCC4CO4)c(C)c3)C3=C(CCC=C3)c3ccccc32)ccc1OCC1CO1. The van der Waals surface area contributed by atoms with Crippen LogP contribution in [0.25, 0.3) is 5.57 Å². The number of aryl methyl sites for hydroxylation is 2. The number of rotatable bonds is 8. The second-order valence-corrected chi connectivity index (χ2v) is 10.6. The van der Waals surface area contributed by atoms with E-state index in [4.69, 9.17) is 18.9 Å². The number of ether oxygens (including phenoxy) is 4. The molecule has 0 spiro atoms. The van der Waals surface area contributed by atoms with Gasteiger partial charge in [0.05, 0.1) is 18.6 Å². The van der Waals surface area contributed by atoms with Gasteiger partial charge >= 0.3 is 0 Å². The van der Waals surface area contributed by atoms with Crippen LogP contribution < -0.4 is 9.47 Å². The lowest BCUT2D eigenvalue weighted by molar-refractivity contribution is 0.261. The maximum Gasteiger partial charge on any atom is 0.122 e. The Bertz CT molecular complexity index is 1360. The maximum atomic E-state index is 6.10. The van der Waals surface area contributed by atoms with Crippen LogP contribution in [0.5, 0.6) is 11.5 Å². The minimum atomic E-state index is -0.394. The molecule has 4 heteroatoms. The zero-order valence-electron chi connectivity index (χ0n) is 21.5. The molecule has 0 amide bonds. The van der Waals surface area contributed by atoms with Crippen LogP contribution in [0.3, 0.4) is 0 Å². The van der Waals surface area contributed by atoms with Crippen molar-refractivity contribution < 1.29 is 18.9 Å². The lowest BCUT2D eigenvalue weighted by Crippen LogP contribution is -2.30. The average Bonchev–Trinajstić information content (AvgIpc) is 3.85. The van der Waals surface area contributed by atoms with Crippen molar-refractivity contribution in [1.29, 1.82) is 0 Å². The van der Waals surface area contributed by atoms with Crippen LogP contribution in [0.15, 0.2) is 78.4 Å². The van der Waals surface area contributed by atoms with Crippen LogP contribution in [0, 0.1) is 13.8 Å². The van der Waals surface area contributed by atoms with Crippen molar-refractivity contribution in [1.82, 2.24) is 0 Å². The molecule has 2 aliphatic carbocycles. The van der Waals surface area contributed by atoms with Crippen molar-refractivity contribution in [2.45, 2.75) is 44.3 Å². The summed E-state index contributed by atoms with van der Waals surface area (Å²) in [5.41, 5.74) is 10.0. The van der Waals surface area contributed by atoms with Crippen molar-refractivity contribution in [3.8, 4) is 11.5 Å². The normalized spacial score (nSPS) is 25.0. The Morgan fingerprint density at radius 3 is 1.97 bits per heavy atom. The molecular formula is C33H32O4. The monoisotopic (exact) mass is 492 g/mol. The van der Waals surface area contributed by atoms with E-state index in [9.17, 15) is 0 Å². The lowest BCUT2D eigenvalue weighted by atomic mass is 9.66. The zero-order chi connectivity index (χ0) is 25.0. The van der Waals surface area contributed by atoms with Crippen molar-refractivity contribution in [2.24, 2.45) is 0 Å². The smallest absolute Gasteiger partial charge is 0.122 e. The van der Waals surface area contributed by atoms with Gasteiger partial charge in [-0.05, 0) is 83.3 Å². The maximum absolute atomic E-state index is 6.10. The Balaban J connectivity index is 1.39. The van der Waals surface area contributed by atoms with Crippen LogP contribution in [0.2, 0.25) is 0 Å². The highest BCUT2D eigenvalue weighted by Crippen LogP contribution is 2.57. The summed E-state index contributed by atoms with van der Waals surface area (Å²) in [6.45, 7) is 7.11. The van der Waals surface area contributed by atoms with Crippen LogP contribution >= 0.6 is 0 Å². The molecule has 2 fully saturated rings. The molecule has 3 aromatic rings. The molecule has 2 atom stereocenters. The first-order chi connectivity index (χ1) is 18.1. The Kier molecular flexibility index (Phi) is 5.49. The number of benzene rings is 3. The van der Waals surface area contributed by atoms with Gasteiger partial charge in [0.1, 0.15) is 36.9 Å². The molecule has 4 aliphatic rings. The summed E-state index contributed by atoms with van der Waals surface area (Å²) in [5, 5.41) is 0. The number of allylic oxidation sites excluding steroid dienone is 4. The highest BCUT2D eigenvalue weighted by atomic mass is 16.6. The number of fused-ring (bicyclic) bond motifs is 2. The molecule has 188 valence electrons. The molecule has 0 aromatic heterocycles. The van der Waals surface area contributed by atoms with E-state index in [0.29, 0.717) is 13.2 Å². The molecule has 4 nitrogen and oxygen atoms in total. The average molecular weight is 493 g/mol. The predicted octanol–water partition coefficient (Wildman–Crippen LogP) is 6.31. The Labute approximate surface area is 218 Å². The summed E-state index contributed by atoms with van der Waals surface area (Å²) in [6.07, 6.45) is 7.32. The molecule has 37 heavy (non-hydrogen) atoms. The predicted molar refractivity (Wildman–Crippen MR) is 144 cm³/mol. The molecule has 2 unspecified atom stereocenters. The van der Waals surface area contributed by atoms with Gasteiger partial charge in [0, 0.05) is 0 Å². The molecule has 0 bridgehead atoms. The van der Waals surface area contributed by atoms with Gasteiger partial charge in [0.25, 0.3) is 0 Å². The van der Waals surface area contributed by atoms with Crippen LogP contribution in [-0.4, -0.2) is 38.6 Å². The van der Waals surface area contributed by atoms with E-state index < -0.39 is 5.41 Å². The minimum Gasteiger partial charge on any atom is -0.491 e. The summed E-state index contributed by atoms with van der Waals surface area (Å²) in [7, 11) is 0. The summed E-state index contributed by atoms with van der Waals surface area (Å²) in [6, 6.07) is 22.4. The van der Waals surface area contributed by atoms with Crippen LogP contribution in [0.1, 0.15) is 46.2 Å². The minimum absolute atomic E-state index is 0.238. The molecule has 3 aromatic carbocycles. The van der Waals surface area contributed by atoms with E-state index in [1.54, 1.807) is 0 Å². The van der Waals surface area contributed by atoms with Gasteiger partial charge in [-0.1, -0.05) is 60.7 Å². The van der Waals surface area contributed by atoms with Crippen molar-refractivity contribution in [2.75, 3.05) is 26.4 Å². The van der Waals surface area contributed by atoms with Crippen molar-refractivity contribution >= 4 is 5.57 Å². The number of hydrogen-bond donors (Lipinski definition) is 0. The number of epoxide rings is 2. The Morgan fingerprint density at radius 2 is 1.41 bits per heavy atom. The summed E-state index contributed by atoms with van der Waals surface area (Å²) < 4.78 is 22.9. The fraction of sp³-hybridized carbons (Fsp3) is 0.333. The van der Waals surface area contributed by atoms with E-state index in [1.807, 2.05) is 0 Å². The third-order valence-electron chi connectivity index (χ3n) is 8.10. The highest BCUT2D eigenvalue weighted by molar-refractivity contribution is 5.88. The fourth-order valence-electron chi connectivity index (χ4n) is 6.09. The van der Waals surface area contributed by atoms with Gasteiger partial charge in [-0.3, -0.25) is 0 Å². The molecule has 2 aliphatic heterocycles. The molecule has 0 radical (unpaired) electrons. The van der Waals surface area contributed by atoms with Gasteiger partial charge in [-0.15, -0.1) is 0 Å². The standard InChI is InChI=1S/C33H32O4/c1-21-15-23(11-13-31(21)36-19-25-17-34-25)33(24-12-14-32(22(2)16-24)37-20-26-18-35-26)29-9-5-3-7-27(29)28-8-4-6-10-30(28)33/h3,5-7,9-16,25-26H,4,8,17-20H2,1-2H3. The molecule has 0 N–H and O–H groups in total. The van der Waals surface area contributed by atoms with Gasteiger partial charge in [0.2, 0.25) is 0 Å². The summed E-state index contributed by atoms with van der Waals surface area (Å²) >= 11 is 0. The molecule has 2 saturated heterocycles.